The van der Waals surface area contributed by atoms with Crippen LogP contribution in [0, 0.1) is 5.82 Å². The van der Waals surface area contributed by atoms with Gasteiger partial charge in [0.1, 0.15) is 11.5 Å². The number of hydrogen-bond donors (Lipinski definition) is 2. The number of hydrogen-bond acceptors (Lipinski definition) is 8. The van der Waals surface area contributed by atoms with Gasteiger partial charge in [0.05, 0.1) is 35.3 Å². The van der Waals surface area contributed by atoms with E-state index in [0.29, 0.717) is 28.0 Å². The van der Waals surface area contributed by atoms with Crippen LogP contribution in [0.25, 0.3) is 27.7 Å². The minimum absolute atomic E-state index is 0.0853. The number of likely N-dealkylation sites (tertiary alicyclic amines) is 1. The Kier molecular flexibility index (Phi) is 7.42. The van der Waals surface area contributed by atoms with Gasteiger partial charge in [0, 0.05) is 43.2 Å². The molecule has 1 fully saturated rings. The van der Waals surface area contributed by atoms with Crippen molar-refractivity contribution in [1.29, 1.82) is 0 Å². The fourth-order valence-corrected chi connectivity index (χ4v) is 5.47. The van der Waals surface area contributed by atoms with Crippen molar-refractivity contribution in [1.82, 2.24) is 34.2 Å². The molecule has 44 heavy (non-hydrogen) atoms. The maximum absolute atomic E-state index is 15.3. The topological polar surface area (TPSA) is 123 Å². The molecule has 0 atom stereocenters. The smallest absolute Gasteiger partial charge is 0.290 e. The molecule has 0 amide bonds. The van der Waals surface area contributed by atoms with Gasteiger partial charge in [0.15, 0.2) is 5.82 Å². The molecular formula is C32H35FN8O3. The fourth-order valence-electron chi connectivity index (χ4n) is 5.47. The fraction of sp³-hybridized carbons (Fsp3) is 0.344. The second-order valence-corrected chi connectivity index (χ2v) is 12.3. The molecule has 3 aromatic heterocycles. The predicted molar refractivity (Wildman–Crippen MR) is 167 cm³/mol. The van der Waals surface area contributed by atoms with E-state index in [4.69, 9.17) is 0 Å². The van der Waals surface area contributed by atoms with Gasteiger partial charge in [-0.1, -0.05) is 32.9 Å². The number of aliphatic hydroxyl groups is 1. The summed E-state index contributed by atoms with van der Waals surface area (Å²) in [5.74, 6) is -0.106. The lowest BCUT2D eigenvalue weighted by molar-refractivity contribution is 0.168. The van der Waals surface area contributed by atoms with Gasteiger partial charge in [0.2, 0.25) is 0 Å². The van der Waals surface area contributed by atoms with E-state index in [1.807, 2.05) is 33.9 Å². The van der Waals surface area contributed by atoms with Crippen molar-refractivity contribution in [2.45, 2.75) is 45.8 Å². The van der Waals surface area contributed by atoms with E-state index in [-0.39, 0.29) is 27.7 Å². The first-order valence-corrected chi connectivity index (χ1v) is 14.5. The number of rotatable bonds is 7. The van der Waals surface area contributed by atoms with Crippen LogP contribution < -0.4 is 16.4 Å². The Balaban J connectivity index is 1.41. The van der Waals surface area contributed by atoms with Crippen molar-refractivity contribution < 1.29 is 9.50 Å². The van der Waals surface area contributed by atoms with Crippen LogP contribution in [0.5, 0.6) is 0 Å². The van der Waals surface area contributed by atoms with Crippen molar-refractivity contribution in [2.75, 3.05) is 18.4 Å². The van der Waals surface area contributed by atoms with Gasteiger partial charge in [0.25, 0.3) is 11.1 Å². The standard InChI is InChI=1S/C32H35FN8O3/c1-32(2,3)20-12-19-16-34-41(31(44)29(19)24(33)13-20)27-9-6-8-22(23(27)18-42)25-15-26(30(43)39(5)36-25)35-28-14-21(38(4)37-28)17-40-10-7-11-40/h6,8-9,12-16,42H,7,10-11,17-18H2,1-5H3,(H,35,37). The summed E-state index contributed by atoms with van der Waals surface area (Å²) in [7, 11) is 3.41. The molecule has 0 bridgehead atoms. The summed E-state index contributed by atoms with van der Waals surface area (Å²) in [5, 5.41) is 27.3. The van der Waals surface area contributed by atoms with Crippen LogP contribution in [0.15, 0.2) is 58.3 Å². The molecule has 6 rings (SSSR count). The molecule has 2 N–H and O–H groups in total. The van der Waals surface area contributed by atoms with Gasteiger partial charge in [-0.2, -0.15) is 20.0 Å². The van der Waals surface area contributed by atoms with E-state index in [2.05, 4.69) is 25.5 Å². The number of benzene rings is 2. The number of fused-ring (bicyclic) bond motifs is 1. The van der Waals surface area contributed by atoms with E-state index in [1.165, 1.54) is 30.4 Å². The van der Waals surface area contributed by atoms with E-state index in [9.17, 15) is 14.7 Å². The highest BCUT2D eigenvalue weighted by Crippen LogP contribution is 2.30. The molecule has 0 unspecified atom stereocenters. The summed E-state index contributed by atoms with van der Waals surface area (Å²) in [5.41, 5.74) is 2.20. The lowest BCUT2D eigenvalue weighted by Gasteiger charge is -2.30. The van der Waals surface area contributed by atoms with Crippen molar-refractivity contribution in [3.8, 4) is 16.9 Å². The van der Waals surface area contributed by atoms with Gasteiger partial charge in [-0.3, -0.25) is 19.2 Å². The van der Waals surface area contributed by atoms with Crippen molar-refractivity contribution in [2.24, 2.45) is 14.1 Å². The van der Waals surface area contributed by atoms with Crippen molar-refractivity contribution in [3.63, 3.8) is 0 Å². The molecule has 0 aliphatic carbocycles. The monoisotopic (exact) mass is 598 g/mol. The molecule has 12 heteroatoms. The maximum Gasteiger partial charge on any atom is 0.290 e. The van der Waals surface area contributed by atoms with Crippen LogP contribution in [0.4, 0.5) is 15.9 Å². The summed E-state index contributed by atoms with van der Waals surface area (Å²) in [6.45, 7) is 8.34. The lowest BCUT2D eigenvalue weighted by Crippen LogP contribution is -2.36. The normalized spacial score (nSPS) is 13.8. The summed E-state index contributed by atoms with van der Waals surface area (Å²) in [6, 6.07) is 11.7. The minimum Gasteiger partial charge on any atom is -0.392 e. The average Bonchev–Trinajstić information content (AvgIpc) is 3.30. The zero-order valence-corrected chi connectivity index (χ0v) is 25.4. The summed E-state index contributed by atoms with van der Waals surface area (Å²) in [6.07, 6.45) is 2.65. The first-order chi connectivity index (χ1) is 20.9. The van der Waals surface area contributed by atoms with Crippen LogP contribution in [-0.4, -0.2) is 52.4 Å². The van der Waals surface area contributed by atoms with Gasteiger partial charge in [-0.05, 0) is 54.8 Å². The molecule has 0 spiro atoms. The van der Waals surface area contributed by atoms with E-state index >= 15 is 4.39 Å². The third-order valence-electron chi connectivity index (χ3n) is 8.16. The Labute approximate surface area is 253 Å². The highest BCUT2D eigenvalue weighted by atomic mass is 19.1. The molecule has 228 valence electrons. The Morgan fingerprint density at radius 3 is 2.45 bits per heavy atom. The molecule has 0 saturated carbocycles. The maximum atomic E-state index is 15.3. The second kappa shape index (κ2) is 11.1. The highest BCUT2D eigenvalue weighted by Gasteiger charge is 2.22. The number of anilines is 2. The summed E-state index contributed by atoms with van der Waals surface area (Å²) >= 11 is 0. The first-order valence-electron chi connectivity index (χ1n) is 14.5. The molecule has 11 nitrogen and oxygen atoms in total. The summed E-state index contributed by atoms with van der Waals surface area (Å²) < 4.78 is 19.4. The van der Waals surface area contributed by atoms with E-state index in [0.717, 1.165) is 35.6 Å². The number of halogens is 1. The van der Waals surface area contributed by atoms with E-state index in [1.54, 1.807) is 35.0 Å². The third kappa shape index (κ3) is 5.31. The van der Waals surface area contributed by atoms with Gasteiger partial charge >= 0.3 is 0 Å². The molecule has 1 saturated heterocycles. The van der Waals surface area contributed by atoms with Crippen molar-refractivity contribution in [3.05, 3.63) is 92.0 Å². The highest BCUT2D eigenvalue weighted by molar-refractivity contribution is 5.83. The number of nitrogens with one attached hydrogen (secondary N) is 1. The van der Waals surface area contributed by atoms with Crippen LogP contribution in [-0.2, 0) is 32.7 Å². The molecule has 2 aromatic carbocycles. The number of aromatic nitrogens is 6. The summed E-state index contributed by atoms with van der Waals surface area (Å²) in [4.78, 5) is 29.0. The van der Waals surface area contributed by atoms with Gasteiger partial charge in [-0.15, -0.1) is 0 Å². The lowest BCUT2D eigenvalue weighted by atomic mass is 9.86. The van der Waals surface area contributed by atoms with Crippen LogP contribution in [0.1, 0.15) is 44.0 Å². The van der Waals surface area contributed by atoms with Crippen LogP contribution in [0.2, 0.25) is 0 Å². The Hall–Kier alpha value is -4.68. The molecule has 4 heterocycles. The van der Waals surface area contributed by atoms with Gasteiger partial charge < -0.3 is 10.4 Å². The zero-order chi connectivity index (χ0) is 31.3. The zero-order valence-electron chi connectivity index (χ0n) is 25.4. The molecule has 1 aliphatic heterocycles. The third-order valence-corrected chi connectivity index (χ3v) is 8.16. The average molecular weight is 599 g/mol. The van der Waals surface area contributed by atoms with Crippen molar-refractivity contribution >= 4 is 22.3 Å². The Morgan fingerprint density at radius 1 is 1.00 bits per heavy atom. The second-order valence-electron chi connectivity index (χ2n) is 12.3. The number of nitrogens with zero attached hydrogens (tertiary/aromatic N) is 7. The Bertz CT molecular complexity index is 2020. The van der Waals surface area contributed by atoms with Crippen LogP contribution >= 0.6 is 0 Å². The molecule has 1 aliphatic rings. The largest absolute Gasteiger partial charge is 0.392 e. The predicted octanol–water partition coefficient (Wildman–Crippen LogP) is 3.76. The Morgan fingerprint density at radius 2 is 1.77 bits per heavy atom. The minimum atomic E-state index is -0.646. The SMILES string of the molecule is Cn1nc(Nc2cc(-c3cccc(-n4ncc5cc(C(C)(C)C)cc(F)c5c4=O)c3CO)nn(C)c2=O)cc1CN1CCC1. The number of aliphatic hydroxyl groups excluding tert-OH is 1. The van der Waals surface area contributed by atoms with Gasteiger partial charge in [-0.25, -0.2) is 9.07 Å². The quantitative estimate of drug-likeness (QED) is 0.290. The molecular weight excluding hydrogens is 563 g/mol. The molecule has 0 radical (unpaired) electrons. The van der Waals surface area contributed by atoms with Crippen LogP contribution in [0.3, 0.4) is 0 Å². The van der Waals surface area contributed by atoms with E-state index < -0.39 is 18.0 Å². The number of aryl methyl sites for hydroxylation is 2. The first kappa shape index (κ1) is 29.4. The molecule has 5 aromatic rings.